The number of hydrogen-bond donors (Lipinski definition) is 1. The normalized spacial score (nSPS) is 22.9. The molecule has 5 heteroatoms. The van der Waals surface area contributed by atoms with Crippen molar-refractivity contribution < 1.29 is 24.2 Å². The molecule has 5 nitrogen and oxygen atoms in total. The Labute approximate surface area is 112 Å². The molecule has 0 amide bonds. The maximum Gasteiger partial charge on any atom is 0.303 e. The van der Waals surface area contributed by atoms with Gasteiger partial charge in [-0.3, -0.25) is 14.4 Å². The van der Waals surface area contributed by atoms with Crippen molar-refractivity contribution in [3.63, 3.8) is 0 Å². The minimum absolute atomic E-state index is 0.0388. The zero-order chi connectivity index (χ0) is 14.3. The predicted molar refractivity (Wildman–Crippen MR) is 68.5 cm³/mol. The summed E-state index contributed by atoms with van der Waals surface area (Å²) >= 11 is 0. The van der Waals surface area contributed by atoms with Crippen molar-refractivity contribution in [2.24, 2.45) is 11.8 Å². The Morgan fingerprint density at radius 2 is 2.16 bits per heavy atom. The molecule has 0 spiro atoms. The van der Waals surface area contributed by atoms with E-state index in [4.69, 9.17) is 9.84 Å². The van der Waals surface area contributed by atoms with E-state index in [1.165, 1.54) is 6.92 Å². The van der Waals surface area contributed by atoms with E-state index < -0.39 is 5.97 Å². The van der Waals surface area contributed by atoms with Gasteiger partial charge in [0, 0.05) is 25.7 Å². The van der Waals surface area contributed by atoms with Crippen molar-refractivity contribution in [3.8, 4) is 0 Å². The molecule has 1 rings (SSSR count). The van der Waals surface area contributed by atoms with Crippen LogP contribution in [0.4, 0.5) is 0 Å². The van der Waals surface area contributed by atoms with Gasteiger partial charge in [-0.15, -0.1) is 0 Å². The highest BCUT2D eigenvalue weighted by Crippen LogP contribution is 2.33. The summed E-state index contributed by atoms with van der Waals surface area (Å²) in [5.74, 6) is -1.19. The van der Waals surface area contributed by atoms with Crippen LogP contribution in [0.1, 0.15) is 39.0 Å². The second kappa shape index (κ2) is 7.71. The first-order chi connectivity index (χ1) is 9.00. The van der Waals surface area contributed by atoms with Gasteiger partial charge in [-0.2, -0.15) is 0 Å². The van der Waals surface area contributed by atoms with Gasteiger partial charge in [-0.1, -0.05) is 12.2 Å². The summed E-state index contributed by atoms with van der Waals surface area (Å²) in [6, 6.07) is 0. The Balaban J connectivity index is 2.32. The van der Waals surface area contributed by atoms with Crippen molar-refractivity contribution in [2.45, 2.75) is 39.0 Å². The smallest absolute Gasteiger partial charge is 0.303 e. The van der Waals surface area contributed by atoms with E-state index in [9.17, 15) is 14.4 Å². The van der Waals surface area contributed by atoms with Crippen molar-refractivity contribution in [1.29, 1.82) is 0 Å². The summed E-state index contributed by atoms with van der Waals surface area (Å²) in [4.78, 5) is 32.9. The average Bonchev–Trinajstić information content (AvgIpc) is 2.64. The molecule has 0 heterocycles. The number of carbonyl (C=O) groups excluding carboxylic acids is 2. The first kappa shape index (κ1) is 15.4. The van der Waals surface area contributed by atoms with Crippen LogP contribution in [-0.2, 0) is 19.1 Å². The summed E-state index contributed by atoms with van der Waals surface area (Å²) in [5.41, 5.74) is 0. The number of rotatable bonds is 7. The molecule has 1 N–H and O–H groups in total. The number of carboxylic acid groups (broad SMARTS) is 1. The molecule has 0 radical (unpaired) electrons. The fraction of sp³-hybridized carbons (Fsp3) is 0.643. The number of ketones is 1. The maximum atomic E-state index is 11.7. The highest BCUT2D eigenvalue weighted by atomic mass is 16.5. The Morgan fingerprint density at radius 1 is 1.42 bits per heavy atom. The molecule has 19 heavy (non-hydrogen) atoms. The molecular weight excluding hydrogens is 248 g/mol. The van der Waals surface area contributed by atoms with Crippen LogP contribution in [0.5, 0.6) is 0 Å². The van der Waals surface area contributed by atoms with E-state index in [1.54, 1.807) is 0 Å². The van der Waals surface area contributed by atoms with Crippen LogP contribution >= 0.6 is 0 Å². The topological polar surface area (TPSA) is 80.7 Å². The lowest BCUT2D eigenvalue weighted by Crippen LogP contribution is -2.17. The molecule has 2 atom stereocenters. The monoisotopic (exact) mass is 268 g/mol. The number of allylic oxidation sites excluding steroid dienone is 1. The van der Waals surface area contributed by atoms with E-state index in [0.717, 1.165) is 0 Å². The molecule has 0 unspecified atom stereocenters. The van der Waals surface area contributed by atoms with Gasteiger partial charge in [-0.25, -0.2) is 0 Å². The standard InChI is InChI=1S/C14H20O5/c1-10(15)19-8-4-2-3-5-12-11(9-14(17)18)6-7-13(12)16/h2-3,11-12H,4-9H2,1H3,(H,17,18)/t11-,12-/m1/s1. The zero-order valence-corrected chi connectivity index (χ0v) is 11.1. The lowest BCUT2D eigenvalue weighted by atomic mass is 9.89. The number of ether oxygens (including phenoxy) is 1. The maximum absolute atomic E-state index is 11.7. The third kappa shape index (κ3) is 5.68. The van der Waals surface area contributed by atoms with E-state index in [2.05, 4.69) is 0 Å². The van der Waals surface area contributed by atoms with Gasteiger partial charge in [0.15, 0.2) is 0 Å². The number of Topliss-reactive ketones (excluding diaryl/α,β-unsaturated/α-hetero) is 1. The molecular formula is C14H20O5. The van der Waals surface area contributed by atoms with Gasteiger partial charge in [-0.05, 0) is 25.2 Å². The lowest BCUT2D eigenvalue weighted by molar-refractivity contribution is -0.141. The van der Waals surface area contributed by atoms with E-state index in [-0.39, 0.29) is 30.0 Å². The van der Waals surface area contributed by atoms with Crippen LogP contribution in [0.25, 0.3) is 0 Å². The number of carboxylic acids is 1. The largest absolute Gasteiger partial charge is 0.481 e. The Morgan fingerprint density at radius 3 is 2.79 bits per heavy atom. The number of esters is 1. The fourth-order valence-corrected chi connectivity index (χ4v) is 2.40. The van der Waals surface area contributed by atoms with Crippen LogP contribution in [0.2, 0.25) is 0 Å². The van der Waals surface area contributed by atoms with Crippen molar-refractivity contribution in [1.82, 2.24) is 0 Å². The average molecular weight is 268 g/mol. The van der Waals surface area contributed by atoms with Gasteiger partial charge in [0.1, 0.15) is 5.78 Å². The highest BCUT2D eigenvalue weighted by molar-refractivity contribution is 5.84. The van der Waals surface area contributed by atoms with Crippen molar-refractivity contribution in [3.05, 3.63) is 12.2 Å². The summed E-state index contributed by atoms with van der Waals surface area (Å²) < 4.78 is 4.77. The number of hydrogen-bond acceptors (Lipinski definition) is 4. The first-order valence-electron chi connectivity index (χ1n) is 6.53. The summed E-state index contributed by atoms with van der Waals surface area (Å²) in [5, 5.41) is 8.79. The molecule has 106 valence electrons. The van der Waals surface area contributed by atoms with Crippen LogP contribution in [0, 0.1) is 11.8 Å². The third-order valence-corrected chi connectivity index (χ3v) is 3.33. The summed E-state index contributed by atoms with van der Waals surface area (Å²) in [6.45, 7) is 1.69. The second-order valence-electron chi connectivity index (χ2n) is 4.81. The van der Waals surface area contributed by atoms with Crippen molar-refractivity contribution in [2.75, 3.05) is 6.61 Å². The van der Waals surface area contributed by atoms with Crippen molar-refractivity contribution >= 4 is 17.7 Å². The van der Waals surface area contributed by atoms with Crippen LogP contribution in [0.3, 0.4) is 0 Å². The van der Waals surface area contributed by atoms with Crippen LogP contribution < -0.4 is 0 Å². The first-order valence-corrected chi connectivity index (χ1v) is 6.53. The molecule has 0 aromatic rings. The lowest BCUT2D eigenvalue weighted by Gasteiger charge is -2.14. The molecule has 1 aliphatic rings. The van der Waals surface area contributed by atoms with Gasteiger partial charge in [0.2, 0.25) is 0 Å². The van der Waals surface area contributed by atoms with E-state index in [1.807, 2.05) is 12.2 Å². The Bertz CT molecular complexity index is 372. The van der Waals surface area contributed by atoms with Gasteiger partial charge in [0.25, 0.3) is 0 Å². The Kier molecular flexibility index (Phi) is 6.25. The fourth-order valence-electron chi connectivity index (χ4n) is 2.40. The zero-order valence-electron chi connectivity index (χ0n) is 11.1. The molecule has 1 saturated carbocycles. The van der Waals surface area contributed by atoms with Crippen LogP contribution in [-0.4, -0.2) is 29.4 Å². The highest BCUT2D eigenvalue weighted by Gasteiger charge is 2.34. The van der Waals surface area contributed by atoms with Gasteiger partial charge < -0.3 is 9.84 Å². The van der Waals surface area contributed by atoms with Gasteiger partial charge in [0.05, 0.1) is 6.61 Å². The van der Waals surface area contributed by atoms with Gasteiger partial charge >= 0.3 is 11.9 Å². The predicted octanol–water partition coefficient (Wildman–Crippen LogP) is 1.96. The molecule has 1 fully saturated rings. The molecule has 0 saturated heterocycles. The van der Waals surface area contributed by atoms with E-state index in [0.29, 0.717) is 32.3 Å². The third-order valence-electron chi connectivity index (χ3n) is 3.33. The quantitative estimate of drug-likeness (QED) is 0.433. The minimum atomic E-state index is -0.844. The summed E-state index contributed by atoms with van der Waals surface area (Å²) in [7, 11) is 0. The minimum Gasteiger partial charge on any atom is -0.481 e. The summed E-state index contributed by atoms with van der Waals surface area (Å²) in [6.07, 6.45) is 6.18. The molecule has 0 bridgehead atoms. The SMILES string of the molecule is CC(=O)OCCC=CC[C@H]1C(=O)CC[C@@H]1CC(=O)O. The van der Waals surface area contributed by atoms with E-state index >= 15 is 0 Å². The Hall–Kier alpha value is -1.65. The second-order valence-corrected chi connectivity index (χ2v) is 4.81. The number of aliphatic carboxylic acids is 1. The molecule has 0 aromatic carbocycles. The molecule has 1 aliphatic carbocycles. The molecule has 0 aromatic heterocycles. The van der Waals surface area contributed by atoms with Crippen LogP contribution in [0.15, 0.2) is 12.2 Å². The molecule has 0 aliphatic heterocycles. The number of carbonyl (C=O) groups is 3.